The minimum Gasteiger partial charge on any atom is -0.494 e. The van der Waals surface area contributed by atoms with Gasteiger partial charge in [-0.05, 0) is 12.1 Å². The first kappa shape index (κ1) is 13.1. The third-order valence-corrected chi connectivity index (χ3v) is 3.44. The zero-order chi connectivity index (χ0) is 14.1. The summed E-state index contributed by atoms with van der Waals surface area (Å²) in [5.74, 6) is -1.18. The van der Waals surface area contributed by atoms with Crippen molar-refractivity contribution < 1.29 is 18.3 Å². The molecule has 106 valence electrons. The first-order chi connectivity index (χ1) is 9.70. The Kier molecular flexibility index (Phi) is 3.40. The maximum Gasteiger partial charge on any atom is 0.220 e. The number of nitrogens with zero attached hydrogens (tertiary/aromatic N) is 2. The standard InChI is InChI=1S/C14H14F2N2O2/c1-19-13-7-9-10(6-11(13)15)14(16)17-8-12(9)18-2-4-20-5-3-18/h6-8H,2-5H2,1H3. The van der Waals surface area contributed by atoms with Gasteiger partial charge < -0.3 is 14.4 Å². The van der Waals surface area contributed by atoms with Crippen LogP contribution in [0, 0.1) is 11.8 Å². The van der Waals surface area contributed by atoms with Gasteiger partial charge in [-0.3, -0.25) is 0 Å². The lowest BCUT2D eigenvalue weighted by atomic mass is 10.1. The molecule has 0 saturated carbocycles. The number of hydrogen-bond donors (Lipinski definition) is 0. The number of aromatic nitrogens is 1. The normalized spacial score (nSPS) is 15.7. The van der Waals surface area contributed by atoms with Crippen LogP contribution in [-0.4, -0.2) is 38.4 Å². The molecule has 3 rings (SSSR count). The van der Waals surface area contributed by atoms with Crippen molar-refractivity contribution in [3.05, 3.63) is 30.1 Å². The molecule has 1 aliphatic rings. The molecule has 2 heterocycles. The van der Waals surface area contributed by atoms with Crippen molar-refractivity contribution >= 4 is 16.5 Å². The third kappa shape index (κ3) is 2.16. The average molecular weight is 280 g/mol. The summed E-state index contributed by atoms with van der Waals surface area (Å²) in [4.78, 5) is 5.77. The van der Waals surface area contributed by atoms with Crippen LogP contribution >= 0.6 is 0 Å². The molecular weight excluding hydrogens is 266 g/mol. The number of morpholine rings is 1. The van der Waals surface area contributed by atoms with E-state index in [1.54, 1.807) is 0 Å². The van der Waals surface area contributed by atoms with Crippen molar-refractivity contribution in [1.82, 2.24) is 4.98 Å². The third-order valence-electron chi connectivity index (χ3n) is 3.44. The summed E-state index contributed by atoms with van der Waals surface area (Å²) >= 11 is 0. The number of fused-ring (bicyclic) bond motifs is 1. The Morgan fingerprint density at radius 3 is 2.65 bits per heavy atom. The van der Waals surface area contributed by atoms with Gasteiger partial charge in [0.15, 0.2) is 11.6 Å². The van der Waals surface area contributed by atoms with Crippen LogP contribution in [0.1, 0.15) is 0 Å². The number of pyridine rings is 1. The summed E-state index contributed by atoms with van der Waals surface area (Å²) in [6, 6.07) is 2.64. The van der Waals surface area contributed by atoms with Gasteiger partial charge in [-0.2, -0.15) is 4.39 Å². The van der Waals surface area contributed by atoms with E-state index in [1.165, 1.54) is 19.4 Å². The molecule has 0 bridgehead atoms. The highest BCUT2D eigenvalue weighted by Gasteiger charge is 2.18. The summed E-state index contributed by atoms with van der Waals surface area (Å²) in [7, 11) is 1.39. The lowest BCUT2D eigenvalue weighted by Crippen LogP contribution is -2.36. The van der Waals surface area contributed by atoms with Crippen LogP contribution < -0.4 is 9.64 Å². The number of benzene rings is 1. The molecule has 1 aliphatic heterocycles. The number of halogens is 2. The Hall–Kier alpha value is -1.95. The first-order valence-corrected chi connectivity index (χ1v) is 6.35. The van der Waals surface area contributed by atoms with E-state index in [0.29, 0.717) is 31.7 Å². The van der Waals surface area contributed by atoms with E-state index in [0.717, 1.165) is 11.8 Å². The van der Waals surface area contributed by atoms with E-state index in [4.69, 9.17) is 9.47 Å². The Morgan fingerprint density at radius 1 is 1.20 bits per heavy atom. The molecule has 2 aromatic rings. The van der Waals surface area contributed by atoms with E-state index >= 15 is 0 Å². The van der Waals surface area contributed by atoms with Crippen molar-refractivity contribution in [2.75, 3.05) is 38.3 Å². The van der Waals surface area contributed by atoms with Crippen molar-refractivity contribution in [2.24, 2.45) is 0 Å². The Balaban J connectivity index is 2.18. The highest BCUT2D eigenvalue weighted by Crippen LogP contribution is 2.32. The van der Waals surface area contributed by atoms with Gasteiger partial charge in [0, 0.05) is 23.9 Å². The molecule has 1 fully saturated rings. The van der Waals surface area contributed by atoms with Gasteiger partial charge in [-0.15, -0.1) is 0 Å². The van der Waals surface area contributed by atoms with Crippen molar-refractivity contribution in [1.29, 1.82) is 0 Å². The lowest BCUT2D eigenvalue weighted by Gasteiger charge is -2.29. The molecule has 4 nitrogen and oxygen atoms in total. The predicted octanol–water partition coefficient (Wildman–Crippen LogP) is 2.36. The van der Waals surface area contributed by atoms with Gasteiger partial charge in [0.25, 0.3) is 0 Å². The number of ether oxygens (including phenoxy) is 2. The van der Waals surface area contributed by atoms with Crippen LogP contribution in [0.5, 0.6) is 5.75 Å². The van der Waals surface area contributed by atoms with E-state index in [9.17, 15) is 8.78 Å². The van der Waals surface area contributed by atoms with Gasteiger partial charge in [0.2, 0.25) is 5.95 Å². The SMILES string of the molecule is COc1cc2c(N3CCOCC3)cnc(F)c2cc1F. The molecule has 1 aromatic heterocycles. The van der Waals surface area contributed by atoms with Crippen molar-refractivity contribution in [3.8, 4) is 5.75 Å². The van der Waals surface area contributed by atoms with Crippen LogP contribution in [0.2, 0.25) is 0 Å². The maximum atomic E-state index is 13.8. The zero-order valence-corrected chi connectivity index (χ0v) is 11.0. The predicted molar refractivity (Wildman–Crippen MR) is 71.2 cm³/mol. The quantitative estimate of drug-likeness (QED) is 0.791. The molecule has 6 heteroatoms. The molecule has 0 amide bonds. The number of rotatable bonds is 2. The van der Waals surface area contributed by atoms with Gasteiger partial charge >= 0.3 is 0 Å². The monoisotopic (exact) mass is 280 g/mol. The maximum absolute atomic E-state index is 13.8. The van der Waals surface area contributed by atoms with Crippen LogP contribution in [0.15, 0.2) is 18.3 Å². The summed E-state index contributed by atoms with van der Waals surface area (Å²) in [5, 5.41) is 0.755. The molecule has 0 aliphatic carbocycles. The highest BCUT2D eigenvalue weighted by molar-refractivity contribution is 5.94. The van der Waals surface area contributed by atoms with Crippen LogP contribution in [0.25, 0.3) is 10.8 Å². The minimum absolute atomic E-state index is 0.0950. The van der Waals surface area contributed by atoms with Crippen LogP contribution in [0.3, 0.4) is 0 Å². The molecule has 0 N–H and O–H groups in total. The van der Waals surface area contributed by atoms with E-state index in [-0.39, 0.29) is 11.1 Å². The molecule has 1 saturated heterocycles. The second-order valence-electron chi connectivity index (χ2n) is 4.57. The van der Waals surface area contributed by atoms with E-state index in [2.05, 4.69) is 9.88 Å². The zero-order valence-electron chi connectivity index (χ0n) is 11.0. The molecular formula is C14H14F2N2O2. The molecule has 20 heavy (non-hydrogen) atoms. The fourth-order valence-electron chi connectivity index (χ4n) is 2.41. The Bertz CT molecular complexity index is 643. The summed E-state index contributed by atoms with van der Waals surface area (Å²) in [6.07, 6.45) is 1.47. The van der Waals surface area contributed by atoms with Gasteiger partial charge in [0.1, 0.15) is 0 Å². The number of methoxy groups -OCH3 is 1. The second-order valence-corrected chi connectivity index (χ2v) is 4.57. The largest absolute Gasteiger partial charge is 0.494 e. The lowest BCUT2D eigenvalue weighted by molar-refractivity contribution is 0.123. The summed E-state index contributed by atoms with van der Waals surface area (Å²) in [5.41, 5.74) is 0.767. The molecule has 1 aromatic carbocycles. The van der Waals surface area contributed by atoms with Gasteiger partial charge in [-0.1, -0.05) is 0 Å². The van der Waals surface area contributed by atoms with Gasteiger partial charge in [-0.25, -0.2) is 9.37 Å². The molecule has 0 unspecified atom stereocenters. The highest BCUT2D eigenvalue weighted by atomic mass is 19.1. The van der Waals surface area contributed by atoms with Crippen molar-refractivity contribution in [2.45, 2.75) is 0 Å². The summed E-state index contributed by atoms with van der Waals surface area (Å²) in [6.45, 7) is 2.61. The fraction of sp³-hybridized carbons (Fsp3) is 0.357. The van der Waals surface area contributed by atoms with Crippen molar-refractivity contribution in [3.63, 3.8) is 0 Å². The van der Waals surface area contributed by atoms with Crippen LogP contribution in [-0.2, 0) is 4.74 Å². The van der Waals surface area contributed by atoms with E-state index < -0.39 is 11.8 Å². The summed E-state index contributed by atoms with van der Waals surface area (Å²) < 4.78 is 37.8. The Labute approximate surface area is 114 Å². The first-order valence-electron chi connectivity index (χ1n) is 6.35. The molecule has 0 atom stereocenters. The molecule has 0 spiro atoms. The second kappa shape index (κ2) is 5.20. The van der Waals surface area contributed by atoms with Crippen LogP contribution in [0.4, 0.5) is 14.5 Å². The number of anilines is 1. The topological polar surface area (TPSA) is 34.6 Å². The minimum atomic E-state index is -0.682. The number of hydrogen-bond acceptors (Lipinski definition) is 4. The van der Waals surface area contributed by atoms with Gasteiger partial charge in [0.05, 0.1) is 32.2 Å². The average Bonchev–Trinajstić information content (AvgIpc) is 2.48. The smallest absolute Gasteiger partial charge is 0.220 e. The Morgan fingerprint density at radius 2 is 1.95 bits per heavy atom. The molecule has 0 radical (unpaired) electrons. The van der Waals surface area contributed by atoms with E-state index in [1.807, 2.05) is 0 Å². The fourth-order valence-corrected chi connectivity index (χ4v) is 2.41.